The Morgan fingerprint density at radius 2 is 2.00 bits per heavy atom. The van der Waals surface area contributed by atoms with Gasteiger partial charge in [-0.05, 0) is 18.2 Å². The molecular formula is C15H15F2N5O2S. The van der Waals surface area contributed by atoms with Crippen LogP contribution in [0.2, 0.25) is 0 Å². The molecule has 2 aromatic heterocycles. The molecule has 25 heavy (non-hydrogen) atoms. The van der Waals surface area contributed by atoms with Gasteiger partial charge in [0.25, 0.3) is 0 Å². The van der Waals surface area contributed by atoms with Crippen LogP contribution in [0.5, 0.6) is 0 Å². The Balaban J connectivity index is 2.03. The molecule has 0 saturated heterocycles. The minimum atomic E-state index is -3.39. The molecule has 0 bridgehead atoms. The van der Waals surface area contributed by atoms with E-state index in [1.807, 2.05) is 0 Å². The van der Waals surface area contributed by atoms with Crippen LogP contribution in [0.4, 0.5) is 14.6 Å². The van der Waals surface area contributed by atoms with E-state index < -0.39 is 16.4 Å². The van der Waals surface area contributed by atoms with Crippen molar-refractivity contribution in [1.29, 1.82) is 0 Å². The number of hydrogen-bond donors (Lipinski definition) is 0. The quantitative estimate of drug-likeness (QED) is 0.688. The molecule has 0 unspecified atom stereocenters. The van der Waals surface area contributed by atoms with E-state index in [-0.39, 0.29) is 17.3 Å². The minimum absolute atomic E-state index is 0.0759. The standard InChI is InChI=1S/C15H15F2N5O2S/c1-21(8-13-18-5-6-22(13)15(16)17)14-11-7-10(25(2,23)24)3-4-12(11)19-9-20-14/h3-7,9,15H,8H2,1-2H3. The molecule has 3 aromatic rings. The SMILES string of the molecule is CN(Cc1nccn1C(F)F)c1ncnc2ccc(S(C)(=O)=O)cc12. The zero-order valence-electron chi connectivity index (χ0n) is 13.5. The highest BCUT2D eigenvalue weighted by atomic mass is 32.2. The number of anilines is 1. The van der Waals surface area contributed by atoms with Gasteiger partial charge < -0.3 is 4.90 Å². The Bertz CT molecular complexity index is 1020. The van der Waals surface area contributed by atoms with E-state index in [0.29, 0.717) is 16.7 Å². The molecule has 0 atom stereocenters. The van der Waals surface area contributed by atoms with Crippen molar-refractivity contribution in [3.05, 3.63) is 42.7 Å². The van der Waals surface area contributed by atoms with Gasteiger partial charge in [0, 0.05) is 31.1 Å². The normalized spacial score (nSPS) is 12.0. The summed E-state index contributed by atoms with van der Waals surface area (Å²) in [6.45, 7) is -2.61. The lowest BCUT2D eigenvalue weighted by molar-refractivity contribution is 0.0670. The lowest BCUT2D eigenvalue weighted by atomic mass is 10.2. The topological polar surface area (TPSA) is 81.0 Å². The summed E-state index contributed by atoms with van der Waals surface area (Å²) < 4.78 is 50.3. The predicted octanol–water partition coefficient (Wildman–Crippen LogP) is 2.26. The Hall–Kier alpha value is -2.62. The summed E-state index contributed by atoms with van der Waals surface area (Å²) in [7, 11) is -1.73. The second-order valence-corrected chi connectivity index (χ2v) is 7.55. The molecule has 0 aliphatic carbocycles. The summed E-state index contributed by atoms with van der Waals surface area (Å²) in [6.07, 6.45) is 4.96. The molecule has 0 spiro atoms. The van der Waals surface area contributed by atoms with Gasteiger partial charge in [-0.25, -0.2) is 23.4 Å². The largest absolute Gasteiger partial charge is 0.352 e. The Morgan fingerprint density at radius 1 is 1.24 bits per heavy atom. The smallest absolute Gasteiger partial charge is 0.319 e. The van der Waals surface area contributed by atoms with Crippen molar-refractivity contribution in [2.75, 3.05) is 18.2 Å². The zero-order valence-corrected chi connectivity index (χ0v) is 14.3. The molecule has 3 rings (SSSR count). The van der Waals surface area contributed by atoms with E-state index in [2.05, 4.69) is 15.0 Å². The molecule has 10 heteroatoms. The van der Waals surface area contributed by atoms with Crippen molar-refractivity contribution in [3.8, 4) is 0 Å². The third kappa shape index (κ3) is 3.43. The monoisotopic (exact) mass is 367 g/mol. The van der Waals surface area contributed by atoms with Gasteiger partial charge in [0.1, 0.15) is 18.0 Å². The van der Waals surface area contributed by atoms with Crippen LogP contribution in [0, 0.1) is 0 Å². The van der Waals surface area contributed by atoms with Gasteiger partial charge >= 0.3 is 6.55 Å². The molecule has 0 fully saturated rings. The number of fused-ring (bicyclic) bond motifs is 1. The van der Waals surface area contributed by atoms with Crippen molar-refractivity contribution in [3.63, 3.8) is 0 Å². The minimum Gasteiger partial charge on any atom is -0.352 e. The maximum Gasteiger partial charge on any atom is 0.319 e. The first-order valence-corrected chi connectivity index (χ1v) is 9.12. The van der Waals surface area contributed by atoms with E-state index in [1.54, 1.807) is 18.0 Å². The second-order valence-electron chi connectivity index (χ2n) is 5.53. The van der Waals surface area contributed by atoms with Crippen LogP contribution in [0.25, 0.3) is 10.9 Å². The van der Waals surface area contributed by atoms with Crippen LogP contribution in [-0.2, 0) is 16.4 Å². The molecule has 7 nitrogen and oxygen atoms in total. The summed E-state index contributed by atoms with van der Waals surface area (Å²) in [5, 5.41) is 0.517. The van der Waals surface area contributed by atoms with Gasteiger partial charge in [-0.3, -0.25) is 4.57 Å². The first-order chi connectivity index (χ1) is 11.8. The number of imidazole rings is 1. The molecule has 0 aliphatic rings. The lowest BCUT2D eigenvalue weighted by Crippen LogP contribution is -2.21. The summed E-state index contributed by atoms with van der Waals surface area (Å²) in [4.78, 5) is 14.0. The van der Waals surface area contributed by atoms with Gasteiger partial charge in [-0.15, -0.1) is 0 Å². The molecule has 1 aromatic carbocycles. The number of aromatic nitrogens is 4. The van der Waals surface area contributed by atoms with E-state index in [0.717, 1.165) is 10.8 Å². The third-order valence-electron chi connectivity index (χ3n) is 3.71. The maximum atomic E-state index is 13.0. The summed E-state index contributed by atoms with van der Waals surface area (Å²) in [6, 6.07) is 4.54. The van der Waals surface area contributed by atoms with Crippen molar-refractivity contribution >= 4 is 26.6 Å². The first kappa shape index (κ1) is 17.2. The summed E-state index contributed by atoms with van der Waals surface area (Å²) in [5.41, 5.74) is 0.557. The average molecular weight is 367 g/mol. The molecular weight excluding hydrogens is 352 g/mol. The Morgan fingerprint density at radius 3 is 2.68 bits per heavy atom. The molecule has 0 aliphatic heterocycles. The van der Waals surface area contributed by atoms with Gasteiger partial charge in [0.15, 0.2) is 9.84 Å². The number of halogens is 2. The van der Waals surface area contributed by atoms with Gasteiger partial charge in [0.05, 0.1) is 17.0 Å². The van der Waals surface area contributed by atoms with E-state index in [1.165, 1.54) is 30.9 Å². The lowest BCUT2D eigenvalue weighted by Gasteiger charge is -2.20. The number of rotatable bonds is 5. The number of benzene rings is 1. The van der Waals surface area contributed by atoms with Crippen molar-refractivity contribution in [2.24, 2.45) is 0 Å². The van der Waals surface area contributed by atoms with E-state index in [4.69, 9.17) is 0 Å². The number of nitrogens with zero attached hydrogens (tertiary/aromatic N) is 5. The molecule has 0 amide bonds. The highest BCUT2D eigenvalue weighted by molar-refractivity contribution is 7.90. The Kier molecular flexibility index (Phi) is 4.38. The molecule has 132 valence electrons. The van der Waals surface area contributed by atoms with Crippen molar-refractivity contribution in [1.82, 2.24) is 19.5 Å². The van der Waals surface area contributed by atoms with Gasteiger partial charge in [-0.1, -0.05) is 0 Å². The summed E-state index contributed by atoms with van der Waals surface area (Å²) in [5.74, 6) is 0.600. The Labute approximate surface area is 142 Å². The van der Waals surface area contributed by atoms with Gasteiger partial charge in [0.2, 0.25) is 0 Å². The first-order valence-electron chi connectivity index (χ1n) is 7.23. The highest BCUT2D eigenvalue weighted by Crippen LogP contribution is 2.26. The van der Waals surface area contributed by atoms with E-state index in [9.17, 15) is 17.2 Å². The fourth-order valence-electron chi connectivity index (χ4n) is 2.49. The molecule has 0 saturated carbocycles. The fraction of sp³-hybridized carbons (Fsp3) is 0.267. The van der Waals surface area contributed by atoms with E-state index >= 15 is 0 Å². The zero-order chi connectivity index (χ0) is 18.2. The number of sulfone groups is 1. The predicted molar refractivity (Wildman–Crippen MR) is 88.2 cm³/mol. The van der Waals surface area contributed by atoms with Crippen LogP contribution in [-0.4, -0.2) is 41.2 Å². The van der Waals surface area contributed by atoms with Crippen LogP contribution >= 0.6 is 0 Å². The average Bonchev–Trinajstić information content (AvgIpc) is 3.01. The molecule has 0 radical (unpaired) electrons. The van der Waals surface area contributed by atoms with Crippen LogP contribution in [0.3, 0.4) is 0 Å². The van der Waals surface area contributed by atoms with Crippen molar-refractivity contribution < 1.29 is 17.2 Å². The van der Waals surface area contributed by atoms with Gasteiger partial charge in [-0.2, -0.15) is 8.78 Å². The van der Waals surface area contributed by atoms with Crippen molar-refractivity contribution in [2.45, 2.75) is 18.0 Å². The molecule has 2 heterocycles. The number of hydrogen-bond acceptors (Lipinski definition) is 6. The third-order valence-corrected chi connectivity index (χ3v) is 4.82. The fourth-order valence-corrected chi connectivity index (χ4v) is 3.14. The van der Waals surface area contributed by atoms with Crippen LogP contribution in [0.1, 0.15) is 12.4 Å². The summed E-state index contributed by atoms with van der Waals surface area (Å²) >= 11 is 0. The van der Waals surface area contributed by atoms with Crippen LogP contribution in [0.15, 0.2) is 41.8 Å². The highest BCUT2D eigenvalue weighted by Gasteiger charge is 2.17. The number of alkyl halides is 2. The van der Waals surface area contributed by atoms with Crippen LogP contribution < -0.4 is 4.90 Å². The second kappa shape index (κ2) is 6.36. The maximum absolute atomic E-state index is 13.0. The molecule has 0 N–H and O–H groups in total.